The molecule has 0 amide bonds. The van der Waals surface area contributed by atoms with Crippen molar-refractivity contribution in [2.75, 3.05) is 0 Å². The van der Waals surface area contributed by atoms with Gasteiger partial charge in [-0.1, -0.05) is 0 Å². The first kappa shape index (κ1) is 10.2. The van der Waals surface area contributed by atoms with Gasteiger partial charge >= 0.3 is 5.97 Å². The Morgan fingerprint density at radius 2 is 2.20 bits per heavy atom. The fraction of sp³-hybridized carbons (Fsp3) is 0.600. The molecule has 0 spiro atoms. The molecule has 0 unspecified atom stereocenters. The van der Waals surface area contributed by atoms with E-state index >= 15 is 0 Å². The van der Waals surface area contributed by atoms with Crippen molar-refractivity contribution in [3.63, 3.8) is 0 Å². The van der Waals surface area contributed by atoms with Crippen LogP contribution in [-0.4, -0.2) is 27.3 Å². The number of rotatable bonds is 2. The number of hydrogen-bond acceptors (Lipinski definition) is 4. The molecule has 1 aromatic rings. The first-order valence-corrected chi connectivity index (χ1v) is 4.95. The van der Waals surface area contributed by atoms with Gasteiger partial charge in [-0.2, -0.15) is 0 Å². The molecule has 15 heavy (non-hydrogen) atoms. The van der Waals surface area contributed by atoms with E-state index in [1.807, 2.05) is 0 Å². The summed E-state index contributed by atoms with van der Waals surface area (Å²) in [6.07, 6.45) is 4.09. The van der Waals surface area contributed by atoms with E-state index in [0.29, 0.717) is 31.4 Å². The van der Waals surface area contributed by atoms with Crippen LogP contribution in [0.5, 0.6) is 0 Å². The smallest absolute Gasteiger partial charge is 0.317 e. The number of aliphatic carboxylic acids is 1. The fourth-order valence-corrected chi connectivity index (χ4v) is 2.11. The summed E-state index contributed by atoms with van der Waals surface area (Å²) in [6, 6.07) is 0. The molecule has 2 rings (SSSR count). The zero-order valence-electron chi connectivity index (χ0n) is 8.22. The molecule has 0 radical (unpaired) electrons. The minimum atomic E-state index is -0.990. The van der Waals surface area contributed by atoms with Gasteiger partial charge in [0.2, 0.25) is 0 Å². The van der Waals surface area contributed by atoms with Crippen LogP contribution < -0.4 is 0 Å². The number of carboxylic acid groups (broad SMARTS) is 1. The highest BCUT2D eigenvalue weighted by atomic mass is 16.4. The molecule has 1 saturated carbocycles. The molecule has 1 aromatic heterocycles. The van der Waals surface area contributed by atoms with Crippen molar-refractivity contribution < 1.29 is 19.4 Å². The van der Waals surface area contributed by atoms with Gasteiger partial charge in [-0.05, 0) is 25.7 Å². The maximum absolute atomic E-state index is 11.3. The second-order valence-corrected chi connectivity index (χ2v) is 3.98. The van der Waals surface area contributed by atoms with E-state index in [2.05, 4.69) is 4.98 Å². The molecule has 82 valence electrons. The number of aliphatic hydroxyl groups is 1. The summed E-state index contributed by atoms with van der Waals surface area (Å²) < 4.78 is 5.10. The largest absolute Gasteiger partial charge is 0.480 e. The Morgan fingerprint density at radius 1 is 1.53 bits per heavy atom. The Labute approximate surface area is 86.7 Å². The summed E-state index contributed by atoms with van der Waals surface area (Å²) in [7, 11) is 0. The summed E-state index contributed by atoms with van der Waals surface area (Å²) in [4.78, 5) is 15.1. The van der Waals surface area contributed by atoms with Crippen LogP contribution in [0.4, 0.5) is 0 Å². The number of hydrogen-bond donors (Lipinski definition) is 2. The van der Waals surface area contributed by atoms with Crippen molar-refractivity contribution in [2.24, 2.45) is 0 Å². The van der Waals surface area contributed by atoms with Crippen molar-refractivity contribution >= 4 is 5.97 Å². The Balaban J connectivity index is 2.30. The molecule has 1 aliphatic rings. The molecule has 0 saturated heterocycles. The highest BCUT2D eigenvalue weighted by molar-refractivity contribution is 5.80. The van der Waals surface area contributed by atoms with Crippen molar-refractivity contribution in [3.8, 4) is 0 Å². The molecular formula is C10H13NO4. The number of carboxylic acids is 1. The van der Waals surface area contributed by atoms with Gasteiger partial charge in [0.05, 0.1) is 12.3 Å². The Bertz CT molecular complexity index is 338. The van der Waals surface area contributed by atoms with Crippen LogP contribution in [0.15, 0.2) is 17.0 Å². The lowest BCUT2D eigenvalue weighted by atomic mass is 9.72. The lowest BCUT2D eigenvalue weighted by Crippen LogP contribution is -2.40. The van der Waals surface area contributed by atoms with Crippen molar-refractivity contribution in [3.05, 3.63) is 18.4 Å². The molecule has 1 aliphatic carbocycles. The number of carbonyl (C=O) groups is 1. The third kappa shape index (κ3) is 1.63. The van der Waals surface area contributed by atoms with E-state index in [1.54, 1.807) is 0 Å². The molecule has 0 aliphatic heterocycles. The van der Waals surface area contributed by atoms with E-state index < -0.39 is 11.4 Å². The molecular weight excluding hydrogens is 198 g/mol. The molecule has 2 N–H and O–H groups in total. The van der Waals surface area contributed by atoms with Crippen LogP contribution in [0.3, 0.4) is 0 Å². The van der Waals surface area contributed by atoms with Crippen molar-refractivity contribution in [1.29, 1.82) is 0 Å². The van der Waals surface area contributed by atoms with E-state index in [1.165, 1.54) is 12.6 Å². The molecule has 0 bridgehead atoms. The molecule has 5 heteroatoms. The average molecular weight is 211 g/mol. The third-order valence-electron chi connectivity index (χ3n) is 3.12. The fourth-order valence-electron chi connectivity index (χ4n) is 2.11. The van der Waals surface area contributed by atoms with E-state index in [0.717, 1.165) is 0 Å². The lowest BCUT2D eigenvalue weighted by Gasteiger charge is -2.32. The minimum Gasteiger partial charge on any atom is -0.480 e. The van der Waals surface area contributed by atoms with Gasteiger partial charge in [-0.25, -0.2) is 4.98 Å². The average Bonchev–Trinajstić information content (AvgIpc) is 2.72. The van der Waals surface area contributed by atoms with Crippen molar-refractivity contribution in [2.45, 2.75) is 37.2 Å². The summed E-state index contributed by atoms with van der Waals surface area (Å²) in [5.41, 5.74) is -0.990. The monoisotopic (exact) mass is 211 g/mol. The zero-order valence-corrected chi connectivity index (χ0v) is 8.22. The van der Waals surface area contributed by atoms with Gasteiger partial charge in [0.25, 0.3) is 0 Å². The minimum absolute atomic E-state index is 0.389. The molecule has 0 aromatic carbocycles. The maximum Gasteiger partial charge on any atom is 0.317 e. The summed E-state index contributed by atoms with van der Waals surface area (Å²) in [5.74, 6) is -0.506. The highest BCUT2D eigenvalue weighted by Crippen LogP contribution is 2.39. The topological polar surface area (TPSA) is 83.6 Å². The van der Waals surface area contributed by atoms with Gasteiger partial charge in [0.1, 0.15) is 11.2 Å². The first-order valence-electron chi connectivity index (χ1n) is 4.95. The van der Waals surface area contributed by atoms with Gasteiger partial charge in [0.15, 0.2) is 6.39 Å². The van der Waals surface area contributed by atoms with Crippen LogP contribution in [0, 0.1) is 0 Å². The predicted octanol–water partition coefficient (Wildman–Crippen LogP) is 0.932. The van der Waals surface area contributed by atoms with Crippen LogP contribution in [0.25, 0.3) is 0 Å². The summed E-state index contributed by atoms with van der Waals surface area (Å²) in [5, 5.41) is 18.7. The van der Waals surface area contributed by atoms with Crippen molar-refractivity contribution in [1.82, 2.24) is 4.98 Å². The van der Waals surface area contributed by atoms with Crippen LogP contribution in [0.2, 0.25) is 0 Å². The maximum atomic E-state index is 11.3. The predicted molar refractivity (Wildman–Crippen MR) is 50.3 cm³/mol. The quantitative estimate of drug-likeness (QED) is 0.760. The SMILES string of the molecule is O=C(O)C1(c2cnco2)CCC(O)CC1. The van der Waals surface area contributed by atoms with E-state index in [4.69, 9.17) is 4.42 Å². The molecule has 1 fully saturated rings. The third-order valence-corrected chi connectivity index (χ3v) is 3.12. The Kier molecular flexibility index (Phi) is 2.48. The van der Waals surface area contributed by atoms with Crippen LogP contribution in [0.1, 0.15) is 31.4 Å². The van der Waals surface area contributed by atoms with Gasteiger partial charge in [-0.3, -0.25) is 4.79 Å². The number of nitrogens with zero attached hydrogens (tertiary/aromatic N) is 1. The second-order valence-electron chi connectivity index (χ2n) is 3.98. The molecule has 0 atom stereocenters. The van der Waals surface area contributed by atoms with Gasteiger partial charge < -0.3 is 14.6 Å². The standard InChI is InChI=1S/C10H13NO4/c12-7-1-3-10(4-2-7,9(13)14)8-5-11-6-15-8/h5-7,12H,1-4H2,(H,13,14). The highest BCUT2D eigenvalue weighted by Gasteiger charge is 2.45. The molecule has 5 nitrogen and oxygen atoms in total. The first-order chi connectivity index (χ1) is 7.15. The normalized spacial score (nSPS) is 31.4. The van der Waals surface area contributed by atoms with Gasteiger partial charge in [0, 0.05) is 0 Å². The Morgan fingerprint density at radius 3 is 2.67 bits per heavy atom. The van der Waals surface area contributed by atoms with E-state index in [-0.39, 0.29) is 6.10 Å². The number of aliphatic hydroxyl groups excluding tert-OH is 1. The number of oxazole rings is 1. The van der Waals surface area contributed by atoms with E-state index in [9.17, 15) is 15.0 Å². The second kappa shape index (κ2) is 3.66. The van der Waals surface area contributed by atoms with Crippen LogP contribution >= 0.6 is 0 Å². The lowest BCUT2D eigenvalue weighted by molar-refractivity contribution is -0.147. The molecule has 1 heterocycles. The van der Waals surface area contributed by atoms with Crippen LogP contribution in [-0.2, 0) is 10.2 Å². The summed E-state index contributed by atoms with van der Waals surface area (Å²) in [6.45, 7) is 0. The number of aromatic nitrogens is 1. The summed E-state index contributed by atoms with van der Waals surface area (Å²) >= 11 is 0. The zero-order chi connectivity index (χ0) is 10.9. The Hall–Kier alpha value is -1.36. The van der Waals surface area contributed by atoms with Gasteiger partial charge in [-0.15, -0.1) is 0 Å².